The zero-order valence-corrected chi connectivity index (χ0v) is 14.0. The zero-order valence-electron chi connectivity index (χ0n) is 14.0. The Hall–Kier alpha value is -1.10. The molecule has 3 atom stereocenters. The van der Waals surface area contributed by atoms with Gasteiger partial charge in [0.1, 0.15) is 5.75 Å². The molecule has 2 rings (SSSR count). The second-order valence-electron chi connectivity index (χ2n) is 5.92. The lowest BCUT2D eigenvalue weighted by Gasteiger charge is -2.37. The predicted octanol–water partition coefficient (Wildman–Crippen LogP) is 2.83. The van der Waals surface area contributed by atoms with E-state index < -0.39 is 0 Å². The van der Waals surface area contributed by atoms with Crippen molar-refractivity contribution in [1.29, 1.82) is 0 Å². The molecule has 4 nitrogen and oxygen atoms in total. The molecule has 1 aliphatic rings. The summed E-state index contributed by atoms with van der Waals surface area (Å²) in [4.78, 5) is 0. The summed E-state index contributed by atoms with van der Waals surface area (Å²) in [5, 5.41) is 3.46. The van der Waals surface area contributed by atoms with Crippen molar-refractivity contribution in [2.75, 3.05) is 40.0 Å². The van der Waals surface area contributed by atoms with Crippen LogP contribution in [-0.2, 0) is 9.47 Å². The molecule has 4 heteroatoms. The lowest BCUT2D eigenvalue weighted by Crippen LogP contribution is -2.45. The first-order valence-corrected chi connectivity index (χ1v) is 8.30. The van der Waals surface area contributed by atoms with E-state index in [0.29, 0.717) is 18.4 Å². The molecule has 0 bridgehead atoms. The van der Waals surface area contributed by atoms with E-state index in [-0.39, 0.29) is 6.10 Å². The third-order valence-electron chi connectivity index (χ3n) is 4.23. The number of hydrogen-bond acceptors (Lipinski definition) is 4. The van der Waals surface area contributed by atoms with Gasteiger partial charge in [-0.2, -0.15) is 0 Å². The fourth-order valence-electron chi connectivity index (χ4n) is 3.17. The molecule has 0 aromatic heterocycles. The van der Waals surface area contributed by atoms with E-state index in [1.807, 2.05) is 0 Å². The average Bonchev–Trinajstić information content (AvgIpc) is 2.53. The minimum Gasteiger partial charge on any atom is -0.494 e. The van der Waals surface area contributed by atoms with Gasteiger partial charge in [0.2, 0.25) is 0 Å². The molecule has 0 amide bonds. The fourth-order valence-corrected chi connectivity index (χ4v) is 3.17. The minimum atomic E-state index is 0.252. The molecule has 1 aliphatic heterocycles. The number of nitrogens with one attached hydrogen (secondary N) is 1. The van der Waals surface area contributed by atoms with Crippen LogP contribution in [0.1, 0.15) is 31.7 Å². The quantitative estimate of drug-likeness (QED) is 0.750. The Bertz CT molecular complexity index is 419. The maximum absolute atomic E-state index is 5.93. The van der Waals surface area contributed by atoms with E-state index in [1.165, 1.54) is 5.56 Å². The van der Waals surface area contributed by atoms with Crippen molar-refractivity contribution in [2.24, 2.45) is 5.92 Å². The van der Waals surface area contributed by atoms with E-state index >= 15 is 0 Å². The lowest BCUT2D eigenvalue weighted by molar-refractivity contribution is 0.0143. The largest absolute Gasteiger partial charge is 0.494 e. The topological polar surface area (TPSA) is 39.7 Å². The van der Waals surface area contributed by atoms with Crippen LogP contribution in [0.15, 0.2) is 24.3 Å². The summed E-state index contributed by atoms with van der Waals surface area (Å²) in [5.41, 5.74) is 1.34. The van der Waals surface area contributed by atoms with Crippen molar-refractivity contribution in [3.8, 4) is 5.75 Å². The summed E-state index contributed by atoms with van der Waals surface area (Å²) in [5.74, 6) is 1.94. The van der Waals surface area contributed by atoms with Gasteiger partial charge in [0.05, 0.1) is 12.7 Å². The van der Waals surface area contributed by atoms with Crippen molar-refractivity contribution in [1.82, 2.24) is 5.32 Å². The Morgan fingerprint density at radius 3 is 2.59 bits per heavy atom. The van der Waals surface area contributed by atoms with Crippen LogP contribution in [0.2, 0.25) is 0 Å². The average molecular weight is 307 g/mol. The molecular formula is C18H29NO3. The summed E-state index contributed by atoms with van der Waals surface area (Å²) in [6.07, 6.45) is 1.16. The molecule has 0 radical (unpaired) electrons. The Balaban J connectivity index is 1.97. The Morgan fingerprint density at radius 2 is 1.91 bits per heavy atom. The van der Waals surface area contributed by atoms with E-state index in [1.54, 1.807) is 7.11 Å². The molecule has 3 unspecified atom stereocenters. The van der Waals surface area contributed by atoms with E-state index in [2.05, 4.69) is 43.4 Å². The van der Waals surface area contributed by atoms with Crippen LogP contribution in [0.4, 0.5) is 0 Å². The second-order valence-corrected chi connectivity index (χ2v) is 5.92. The van der Waals surface area contributed by atoms with Crippen LogP contribution in [0, 0.1) is 5.92 Å². The van der Waals surface area contributed by atoms with Gasteiger partial charge < -0.3 is 19.5 Å². The summed E-state index contributed by atoms with van der Waals surface area (Å²) in [7, 11) is 1.71. The van der Waals surface area contributed by atoms with Crippen LogP contribution < -0.4 is 10.1 Å². The molecule has 22 heavy (non-hydrogen) atoms. The van der Waals surface area contributed by atoms with Crippen molar-refractivity contribution < 1.29 is 14.2 Å². The standard InChI is InChI=1S/C18H29NO3/c1-4-21-17-13-19-12-14(2)18(17)15-6-8-16(9-7-15)22-11-5-10-20-3/h6-9,14,17-19H,4-5,10-13H2,1-3H3. The van der Waals surface area contributed by atoms with E-state index in [0.717, 1.165) is 38.5 Å². The molecule has 124 valence electrons. The lowest BCUT2D eigenvalue weighted by atomic mass is 9.80. The van der Waals surface area contributed by atoms with Crippen LogP contribution >= 0.6 is 0 Å². The second kappa shape index (κ2) is 9.13. The number of hydrogen-bond donors (Lipinski definition) is 1. The van der Waals surface area contributed by atoms with Gasteiger partial charge >= 0.3 is 0 Å². The van der Waals surface area contributed by atoms with E-state index in [4.69, 9.17) is 14.2 Å². The molecular weight excluding hydrogens is 278 g/mol. The monoisotopic (exact) mass is 307 g/mol. The van der Waals surface area contributed by atoms with Gasteiger partial charge in [0, 0.05) is 39.2 Å². The molecule has 0 aliphatic carbocycles. The first kappa shape index (κ1) is 17.3. The van der Waals surface area contributed by atoms with Crippen molar-refractivity contribution in [3.05, 3.63) is 29.8 Å². The number of piperidine rings is 1. The van der Waals surface area contributed by atoms with Gasteiger partial charge in [0.15, 0.2) is 0 Å². The van der Waals surface area contributed by atoms with Gasteiger partial charge in [-0.3, -0.25) is 0 Å². The Kier molecular flexibility index (Phi) is 7.16. The van der Waals surface area contributed by atoms with Crippen LogP contribution in [-0.4, -0.2) is 46.1 Å². The zero-order chi connectivity index (χ0) is 15.8. The summed E-state index contributed by atoms with van der Waals surface area (Å²) >= 11 is 0. The number of ether oxygens (including phenoxy) is 3. The smallest absolute Gasteiger partial charge is 0.119 e. The number of rotatable bonds is 8. The van der Waals surface area contributed by atoms with Gasteiger partial charge in [-0.1, -0.05) is 19.1 Å². The Morgan fingerprint density at radius 1 is 1.14 bits per heavy atom. The summed E-state index contributed by atoms with van der Waals surface area (Å²) in [6.45, 7) is 8.52. The highest BCUT2D eigenvalue weighted by Gasteiger charge is 2.32. The Labute approximate surface area is 134 Å². The maximum atomic E-state index is 5.93. The van der Waals surface area contributed by atoms with Gasteiger partial charge in [0.25, 0.3) is 0 Å². The van der Waals surface area contributed by atoms with Crippen LogP contribution in [0.25, 0.3) is 0 Å². The molecule has 1 N–H and O–H groups in total. The third-order valence-corrected chi connectivity index (χ3v) is 4.23. The molecule has 0 saturated carbocycles. The first-order valence-electron chi connectivity index (χ1n) is 8.30. The number of benzene rings is 1. The molecule has 1 aromatic carbocycles. The molecule has 0 spiro atoms. The number of methoxy groups -OCH3 is 1. The highest BCUT2D eigenvalue weighted by Crippen LogP contribution is 2.33. The molecule has 1 fully saturated rings. The van der Waals surface area contributed by atoms with Gasteiger partial charge in [-0.05, 0) is 37.1 Å². The highest BCUT2D eigenvalue weighted by molar-refractivity contribution is 5.31. The predicted molar refractivity (Wildman–Crippen MR) is 88.6 cm³/mol. The molecule has 1 heterocycles. The maximum Gasteiger partial charge on any atom is 0.119 e. The minimum absolute atomic E-state index is 0.252. The summed E-state index contributed by atoms with van der Waals surface area (Å²) < 4.78 is 16.7. The SMILES string of the molecule is CCOC1CNCC(C)C1c1ccc(OCCCOC)cc1. The molecule has 1 saturated heterocycles. The van der Waals surface area contributed by atoms with Crippen LogP contribution in [0.5, 0.6) is 5.75 Å². The summed E-state index contributed by atoms with van der Waals surface area (Å²) in [6, 6.07) is 8.51. The van der Waals surface area contributed by atoms with Gasteiger partial charge in [-0.25, -0.2) is 0 Å². The fraction of sp³-hybridized carbons (Fsp3) is 0.667. The normalized spacial score (nSPS) is 25.1. The van der Waals surface area contributed by atoms with Gasteiger partial charge in [-0.15, -0.1) is 0 Å². The van der Waals surface area contributed by atoms with Crippen LogP contribution in [0.3, 0.4) is 0 Å². The van der Waals surface area contributed by atoms with Crippen molar-refractivity contribution >= 4 is 0 Å². The third kappa shape index (κ3) is 4.70. The molecule has 1 aromatic rings. The highest BCUT2D eigenvalue weighted by atomic mass is 16.5. The first-order chi connectivity index (χ1) is 10.8. The van der Waals surface area contributed by atoms with E-state index in [9.17, 15) is 0 Å². The van der Waals surface area contributed by atoms with Crippen molar-refractivity contribution in [2.45, 2.75) is 32.3 Å². The van der Waals surface area contributed by atoms with Crippen molar-refractivity contribution in [3.63, 3.8) is 0 Å².